The zero-order valence-corrected chi connectivity index (χ0v) is 11.5. The standard InChI is InChI=1S/C16H17F3O2/c17-16(18,19)13-5-3-6-15(11-13)21-9-2-1-4-12-7-8-14(20)10-12/h1,3-6,11-12H,2,7-10H2/b4-1+/t12-/m0/s1. The van der Waals surface area contributed by atoms with Crippen molar-refractivity contribution in [2.75, 3.05) is 6.61 Å². The molecule has 5 heteroatoms. The summed E-state index contributed by atoms with van der Waals surface area (Å²) in [5, 5.41) is 0. The van der Waals surface area contributed by atoms with Gasteiger partial charge in [-0.2, -0.15) is 13.2 Å². The topological polar surface area (TPSA) is 26.3 Å². The second kappa shape index (κ2) is 6.78. The molecule has 21 heavy (non-hydrogen) atoms. The summed E-state index contributed by atoms with van der Waals surface area (Å²) < 4.78 is 42.9. The van der Waals surface area contributed by atoms with Gasteiger partial charge in [-0.15, -0.1) is 0 Å². The van der Waals surface area contributed by atoms with Gasteiger partial charge in [0.1, 0.15) is 11.5 Å². The van der Waals surface area contributed by atoms with E-state index in [4.69, 9.17) is 4.74 Å². The third-order valence-corrected chi connectivity index (χ3v) is 3.41. The van der Waals surface area contributed by atoms with Crippen LogP contribution < -0.4 is 4.74 Å². The highest BCUT2D eigenvalue weighted by molar-refractivity contribution is 5.80. The summed E-state index contributed by atoms with van der Waals surface area (Å²) in [4.78, 5) is 11.1. The second-order valence-electron chi connectivity index (χ2n) is 5.13. The fourth-order valence-corrected chi connectivity index (χ4v) is 2.30. The van der Waals surface area contributed by atoms with Crippen LogP contribution in [0.3, 0.4) is 0 Å². The molecule has 2 rings (SSSR count). The number of halogens is 3. The van der Waals surface area contributed by atoms with Gasteiger partial charge in [-0.05, 0) is 37.0 Å². The molecular formula is C16H17F3O2. The molecule has 1 atom stereocenters. The van der Waals surface area contributed by atoms with Gasteiger partial charge in [0.15, 0.2) is 0 Å². The predicted molar refractivity (Wildman–Crippen MR) is 73.0 cm³/mol. The molecule has 0 N–H and O–H groups in total. The van der Waals surface area contributed by atoms with Crippen LogP contribution in [-0.2, 0) is 11.0 Å². The first kappa shape index (κ1) is 15.6. The van der Waals surface area contributed by atoms with E-state index in [0.717, 1.165) is 18.6 Å². The molecule has 0 heterocycles. The van der Waals surface area contributed by atoms with Crippen molar-refractivity contribution in [3.8, 4) is 5.75 Å². The molecule has 0 amide bonds. The van der Waals surface area contributed by atoms with Crippen LogP contribution in [0.1, 0.15) is 31.2 Å². The maximum absolute atomic E-state index is 12.5. The number of ether oxygens (including phenoxy) is 1. The minimum Gasteiger partial charge on any atom is -0.493 e. The van der Waals surface area contributed by atoms with Gasteiger partial charge in [-0.25, -0.2) is 0 Å². The largest absolute Gasteiger partial charge is 0.493 e. The molecule has 0 aromatic heterocycles. The van der Waals surface area contributed by atoms with E-state index in [2.05, 4.69) is 0 Å². The van der Waals surface area contributed by atoms with E-state index in [-0.39, 0.29) is 5.75 Å². The Labute approximate surface area is 121 Å². The molecule has 1 aliphatic carbocycles. The number of carbonyl (C=O) groups is 1. The Morgan fingerprint density at radius 1 is 1.33 bits per heavy atom. The van der Waals surface area contributed by atoms with Crippen molar-refractivity contribution < 1.29 is 22.7 Å². The van der Waals surface area contributed by atoms with Crippen molar-refractivity contribution in [2.45, 2.75) is 31.9 Å². The van der Waals surface area contributed by atoms with Crippen LogP contribution in [-0.4, -0.2) is 12.4 Å². The number of hydrogen-bond acceptors (Lipinski definition) is 2. The van der Waals surface area contributed by atoms with Crippen molar-refractivity contribution in [3.63, 3.8) is 0 Å². The summed E-state index contributed by atoms with van der Waals surface area (Å²) in [5.41, 5.74) is -0.708. The van der Waals surface area contributed by atoms with Gasteiger partial charge in [0.25, 0.3) is 0 Å². The molecular weight excluding hydrogens is 281 g/mol. The third-order valence-electron chi connectivity index (χ3n) is 3.41. The van der Waals surface area contributed by atoms with Gasteiger partial charge in [-0.3, -0.25) is 4.79 Å². The molecule has 0 saturated heterocycles. The molecule has 0 unspecified atom stereocenters. The summed E-state index contributed by atoms with van der Waals surface area (Å²) in [6.07, 6.45) is 2.33. The first-order valence-electron chi connectivity index (χ1n) is 6.93. The number of Topliss-reactive ketones (excluding diaryl/α,β-unsaturated/α-hetero) is 1. The smallest absolute Gasteiger partial charge is 0.416 e. The number of rotatable bonds is 5. The second-order valence-corrected chi connectivity index (χ2v) is 5.13. The Bertz CT molecular complexity index is 520. The Hall–Kier alpha value is -1.78. The lowest BCUT2D eigenvalue weighted by Crippen LogP contribution is -2.05. The van der Waals surface area contributed by atoms with Crippen LogP contribution in [0.2, 0.25) is 0 Å². The fraction of sp³-hybridized carbons (Fsp3) is 0.438. The molecule has 2 nitrogen and oxygen atoms in total. The van der Waals surface area contributed by atoms with Crippen molar-refractivity contribution >= 4 is 5.78 Å². The maximum Gasteiger partial charge on any atom is 0.416 e. The predicted octanol–water partition coefficient (Wildman–Crippen LogP) is 4.40. The SMILES string of the molecule is O=C1CC[C@H](/C=C/CCOc2cccc(C(F)(F)F)c2)C1. The van der Waals surface area contributed by atoms with E-state index in [9.17, 15) is 18.0 Å². The molecule has 0 radical (unpaired) electrons. The summed E-state index contributed by atoms with van der Waals surface area (Å²) in [6.45, 7) is 0.318. The Morgan fingerprint density at radius 3 is 2.81 bits per heavy atom. The van der Waals surface area contributed by atoms with Crippen LogP contribution in [0.4, 0.5) is 13.2 Å². The normalized spacial score (nSPS) is 19.4. The fourth-order valence-electron chi connectivity index (χ4n) is 2.30. The van der Waals surface area contributed by atoms with Gasteiger partial charge < -0.3 is 4.74 Å². The number of carbonyl (C=O) groups excluding carboxylic acids is 1. The lowest BCUT2D eigenvalue weighted by Gasteiger charge is -2.09. The van der Waals surface area contributed by atoms with E-state index in [0.29, 0.717) is 37.6 Å². The molecule has 1 aliphatic rings. The molecule has 0 bridgehead atoms. The summed E-state index contributed by atoms with van der Waals surface area (Å²) >= 11 is 0. The highest BCUT2D eigenvalue weighted by atomic mass is 19.4. The summed E-state index contributed by atoms with van der Waals surface area (Å²) in [7, 11) is 0. The van der Waals surface area contributed by atoms with Crippen LogP contribution in [0.15, 0.2) is 36.4 Å². The lowest BCUT2D eigenvalue weighted by atomic mass is 10.1. The Balaban J connectivity index is 1.76. The van der Waals surface area contributed by atoms with E-state index >= 15 is 0 Å². The summed E-state index contributed by atoms with van der Waals surface area (Å²) in [6, 6.07) is 4.86. The summed E-state index contributed by atoms with van der Waals surface area (Å²) in [5.74, 6) is 0.824. The zero-order valence-electron chi connectivity index (χ0n) is 11.5. The molecule has 1 aromatic rings. The van der Waals surface area contributed by atoms with Gasteiger partial charge in [0.05, 0.1) is 12.2 Å². The van der Waals surface area contributed by atoms with Crippen molar-refractivity contribution in [3.05, 3.63) is 42.0 Å². The number of alkyl halides is 3. The molecule has 1 fully saturated rings. The van der Waals surface area contributed by atoms with Gasteiger partial charge in [0, 0.05) is 12.8 Å². The van der Waals surface area contributed by atoms with Crippen LogP contribution in [0, 0.1) is 5.92 Å². The quantitative estimate of drug-likeness (QED) is 0.595. The van der Waals surface area contributed by atoms with E-state index < -0.39 is 11.7 Å². The lowest BCUT2D eigenvalue weighted by molar-refractivity contribution is -0.137. The Morgan fingerprint density at radius 2 is 2.14 bits per heavy atom. The van der Waals surface area contributed by atoms with Gasteiger partial charge in [-0.1, -0.05) is 18.2 Å². The minimum atomic E-state index is -4.35. The van der Waals surface area contributed by atoms with Crippen molar-refractivity contribution in [2.24, 2.45) is 5.92 Å². The first-order chi connectivity index (χ1) is 9.95. The average molecular weight is 298 g/mol. The van der Waals surface area contributed by atoms with Crippen molar-refractivity contribution in [1.82, 2.24) is 0 Å². The van der Waals surface area contributed by atoms with E-state index in [1.807, 2.05) is 12.2 Å². The monoisotopic (exact) mass is 298 g/mol. The number of hydrogen-bond donors (Lipinski definition) is 0. The highest BCUT2D eigenvalue weighted by Crippen LogP contribution is 2.31. The van der Waals surface area contributed by atoms with E-state index in [1.165, 1.54) is 12.1 Å². The van der Waals surface area contributed by atoms with Crippen LogP contribution in [0.5, 0.6) is 5.75 Å². The zero-order chi connectivity index (χ0) is 15.3. The molecule has 1 aromatic carbocycles. The number of allylic oxidation sites excluding steroid dienone is 1. The van der Waals surface area contributed by atoms with Crippen LogP contribution >= 0.6 is 0 Å². The van der Waals surface area contributed by atoms with Crippen LogP contribution in [0.25, 0.3) is 0 Å². The Kier molecular flexibility index (Phi) is 5.04. The molecule has 1 saturated carbocycles. The van der Waals surface area contributed by atoms with Gasteiger partial charge >= 0.3 is 6.18 Å². The number of benzene rings is 1. The van der Waals surface area contributed by atoms with Gasteiger partial charge in [0.2, 0.25) is 0 Å². The minimum absolute atomic E-state index is 0.217. The molecule has 114 valence electrons. The number of ketones is 1. The average Bonchev–Trinajstić information content (AvgIpc) is 2.83. The molecule has 0 spiro atoms. The first-order valence-corrected chi connectivity index (χ1v) is 6.93. The highest BCUT2D eigenvalue weighted by Gasteiger charge is 2.30. The third kappa shape index (κ3) is 4.92. The maximum atomic E-state index is 12.5. The van der Waals surface area contributed by atoms with E-state index in [1.54, 1.807) is 0 Å². The van der Waals surface area contributed by atoms with Crippen molar-refractivity contribution in [1.29, 1.82) is 0 Å². The molecule has 0 aliphatic heterocycles.